The largest absolute Gasteiger partial charge is 0.598 e. The molecule has 0 saturated carbocycles. The van der Waals surface area contributed by atoms with Crippen molar-refractivity contribution in [3.8, 4) is 0 Å². The second-order valence-electron chi connectivity index (χ2n) is 4.63. The first-order valence-corrected chi connectivity index (χ1v) is 6.26. The molecule has 1 aromatic carbocycles. The Morgan fingerprint density at radius 1 is 1.27 bits per heavy atom. The summed E-state index contributed by atoms with van der Waals surface area (Å²) in [6, 6.07) is 8.14. The lowest BCUT2D eigenvalue weighted by atomic mass is 10.1. The van der Waals surface area contributed by atoms with E-state index in [1.807, 2.05) is 32.9 Å². The minimum atomic E-state index is -0.996. The van der Waals surface area contributed by atoms with Gasteiger partial charge < -0.3 is 4.55 Å². The second-order valence-corrected chi connectivity index (χ2v) is 6.68. The Morgan fingerprint density at radius 2 is 1.87 bits per heavy atom. The van der Waals surface area contributed by atoms with Gasteiger partial charge in [0.1, 0.15) is 4.75 Å². The van der Waals surface area contributed by atoms with Crippen LogP contribution in [0.4, 0.5) is 0 Å². The number of benzene rings is 1. The summed E-state index contributed by atoms with van der Waals surface area (Å²) in [5.74, 6) is 0. The van der Waals surface area contributed by atoms with Crippen LogP contribution < -0.4 is 4.72 Å². The lowest BCUT2D eigenvalue weighted by Crippen LogP contribution is -2.39. The van der Waals surface area contributed by atoms with E-state index in [-0.39, 0.29) is 4.75 Å². The fraction of sp³-hybridized carbons (Fsp3) is 0.500. The van der Waals surface area contributed by atoms with Crippen LogP contribution in [0.3, 0.4) is 0 Å². The number of aryl methyl sites for hydroxylation is 1. The zero-order chi connectivity index (χ0) is 11.5. The molecule has 0 amide bonds. The van der Waals surface area contributed by atoms with Crippen molar-refractivity contribution in [2.45, 2.75) is 39.0 Å². The molecule has 0 heterocycles. The van der Waals surface area contributed by atoms with Crippen LogP contribution in [0.15, 0.2) is 24.3 Å². The van der Waals surface area contributed by atoms with Gasteiger partial charge in [-0.15, -0.1) is 4.72 Å². The molecule has 0 aliphatic carbocycles. The maximum absolute atomic E-state index is 11.7. The molecule has 0 saturated heterocycles. The molecule has 0 unspecified atom stereocenters. The molecule has 0 aliphatic heterocycles. The number of rotatable bonds is 3. The molecule has 1 atom stereocenters. The summed E-state index contributed by atoms with van der Waals surface area (Å²) < 4.78 is 14.6. The second kappa shape index (κ2) is 5.01. The molecule has 2 nitrogen and oxygen atoms in total. The van der Waals surface area contributed by atoms with Gasteiger partial charge in [0.15, 0.2) is 0 Å². The average Bonchev–Trinajstić information content (AvgIpc) is 2.14. The molecular weight excluding hydrogens is 206 g/mol. The molecule has 0 spiro atoms. The molecular formula is C12H19NOS. The maximum Gasteiger partial charge on any atom is 0.136 e. The van der Waals surface area contributed by atoms with Crippen molar-refractivity contribution in [1.29, 1.82) is 0 Å². The lowest BCUT2D eigenvalue weighted by Gasteiger charge is -2.23. The number of nitrogens with one attached hydrogen (secondary N) is 1. The van der Waals surface area contributed by atoms with Crippen LogP contribution in [-0.4, -0.2) is 9.30 Å². The highest BCUT2D eigenvalue weighted by molar-refractivity contribution is 7.90. The summed E-state index contributed by atoms with van der Waals surface area (Å²) in [4.78, 5) is 0. The number of hydrogen-bond acceptors (Lipinski definition) is 2. The summed E-state index contributed by atoms with van der Waals surface area (Å²) >= 11 is -0.996. The molecule has 84 valence electrons. The summed E-state index contributed by atoms with van der Waals surface area (Å²) in [7, 11) is 0. The highest BCUT2D eigenvalue weighted by Gasteiger charge is 2.25. The van der Waals surface area contributed by atoms with E-state index in [1.165, 1.54) is 11.1 Å². The third-order valence-electron chi connectivity index (χ3n) is 2.21. The quantitative estimate of drug-likeness (QED) is 0.802. The van der Waals surface area contributed by atoms with Gasteiger partial charge in [-0.25, -0.2) is 0 Å². The van der Waals surface area contributed by atoms with E-state index >= 15 is 0 Å². The van der Waals surface area contributed by atoms with Crippen molar-refractivity contribution in [2.24, 2.45) is 0 Å². The highest BCUT2D eigenvalue weighted by atomic mass is 32.2. The van der Waals surface area contributed by atoms with Gasteiger partial charge in [-0.2, -0.15) is 0 Å². The smallest absolute Gasteiger partial charge is 0.136 e. The molecule has 1 N–H and O–H groups in total. The normalized spacial score (nSPS) is 13.9. The van der Waals surface area contributed by atoms with Gasteiger partial charge in [0.25, 0.3) is 0 Å². The number of hydrogen-bond donors (Lipinski definition) is 1. The van der Waals surface area contributed by atoms with Gasteiger partial charge in [0, 0.05) is 11.4 Å². The van der Waals surface area contributed by atoms with E-state index in [0.29, 0.717) is 6.54 Å². The Morgan fingerprint density at radius 3 is 2.40 bits per heavy atom. The van der Waals surface area contributed by atoms with Crippen LogP contribution in [0, 0.1) is 6.92 Å². The fourth-order valence-electron chi connectivity index (χ4n) is 1.17. The Hall–Kier alpha value is -0.510. The molecule has 3 heteroatoms. The zero-order valence-corrected chi connectivity index (χ0v) is 10.6. The predicted molar refractivity (Wildman–Crippen MR) is 65.9 cm³/mol. The van der Waals surface area contributed by atoms with Crippen molar-refractivity contribution >= 4 is 11.4 Å². The monoisotopic (exact) mass is 225 g/mol. The van der Waals surface area contributed by atoms with Gasteiger partial charge in [-0.3, -0.25) is 0 Å². The SMILES string of the molecule is Cc1ccccc1CN[S@+]([O-])C(C)(C)C. The van der Waals surface area contributed by atoms with Crippen LogP contribution >= 0.6 is 0 Å². The summed E-state index contributed by atoms with van der Waals surface area (Å²) in [6.07, 6.45) is 0. The fourth-order valence-corrected chi connectivity index (χ4v) is 1.89. The zero-order valence-electron chi connectivity index (χ0n) is 9.83. The van der Waals surface area contributed by atoms with E-state index in [9.17, 15) is 4.55 Å². The Kier molecular flexibility index (Phi) is 4.20. The Bertz CT molecular complexity index is 320. The minimum Gasteiger partial charge on any atom is -0.598 e. The lowest BCUT2D eigenvalue weighted by molar-refractivity contribution is 0.544. The third kappa shape index (κ3) is 3.86. The first-order chi connectivity index (χ1) is 6.91. The summed E-state index contributed by atoms with van der Waals surface area (Å²) in [5.41, 5.74) is 2.44. The van der Waals surface area contributed by atoms with E-state index in [1.54, 1.807) is 0 Å². The maximum atomic E-state index is 11.7. The van der Waals surface area contributed by atoms with Crippen molar-refractivity contribution < 1.29 is 4.55 Å². The van der Waals surface area contributed by atoms with Crippen molar-refractivity contribution in [1.82, 2.24) is 4.72 Å². The average molecular weight is 225 g/mol. The molecule has 1 rings (SSSR count). The molecule has 0 aliphatic rings. The summed E-state index contributed by atoms with van der Waals surface area (Å²) in [5, 5.41) is 0. The van der Waals surface area contributed by atoms with Gasteiger partial charge in [-0.05, 0) is 38.8 Å². The van der Waals surface area contributed by atoms with Crippen LogP contribution in [0.1, 0.15) is 31.9 Å². The molecule has 0 bridgehead atoms. The summed E-state index contributed by atoms with van der Waals surface area (Å²) in [6.45, 7) is 8.63. The minimum absolute atomic E-state index is 0.206. The Labute approximate surface area is 95.4 Å². The van der Waals surface area contributed by atoms with Crippen molar-refractivity contribution in [3.05, 3.63) is 35.4 Å². The van der Waals surface area contributed by atoms with E-state index in [0.717, 1.165) is 0 Å². The van der Waals surface area contributed by atoms with Crippen LogP contribution in [0.2, 0.25) is 0 Å². The first-order valence-electron chi connectivity index (χ1n) is 5.11. The van der Waals surface area contributed by atoms with Crippen LogP contribution in [-0.2, 0) is 17.9 Å². The van der Waals surface area contributed by atoms with E-state index < -0.39 is 11.4 Å². The molecule has 0 aromatic heterocycles. The van der Waals surface area contributed by atoms with Crippen LogP contribution in [0.25, 0.3) is 0 Å². The van der Waals surface area contributed by atoms with E-state index in [4.69, 9.17) is 0 Å². The standard InChI is InChI=1S/C12H19NOS/c1-10-7-5-6-8-11(10)9-13-15(14)12(2,3)4/h5-8,13H,9H2,1-4H3/t15-/m1/s1. The van der Waals surface area contributed by atoms with Crippen molar-refractivity contribution in [3.63, 3.8) is 0 Å². The van der Waals surface area contributed by atoms with Crippen LogP contribution in [0.5, 0.6) is 0 Å². The van der Waals surface area contributed by atoms with Gasteiger partial charge >= 0.3 is 0 Å². The molecule has 1 aromatic rings. The topological polar surface area (TPSA) is 35.1 Å². The van der Waals surface area contributed by atoms with Gasteiger partial charge in [0.2, 0.25) is 0 Å². The third-order valence-corrected chi connectivity index (χ3v) is 3.73. The van der Waals surface area contributed by atoms with Gasteiger partial charge in [-0.1, -0.05) is 24.3 Å². The first kappa shape index (κ1) is 12.6. The van der Waals surface area contributed by atoms with Crippen molar-refractivity contribution in [2.75, 3.05) is 0 Å². The Balaban J connectivity index is 2.55. The molecule has 0 radical (unpaired) electrons. The predicted octanol–water partition coefficient (Wildman–Crippen LogP) is 2.55. The van der Waals surface area contributed by atoms with Gasteiger partial charge in [0.05, 0.1) is 6.54 Å². The molecule has 0 fully saturated rings. The van der Waals surface area contributed by atoms with E-state index in [2.05, 4.69) is 23.8 Å². The molecule has 15 heavy (non-hydrogen) atoms. The highest BCUT2D eigenvalue weighted by Crippen LogP contribution is 2.14.